The van der Waals surface area contributed by atoms with E-state index in [9.17, 15) is 0 Å². The van der Waals surface area contributed by atoms with Crippen molar-refractivity contribution >= 4 is 21.0 Å². The molecule has 14 heavy (non-hydrogen) atoms. The van der Waals surface area contributed by atoms with Crippen molar-refractivity contribution in [3.8, 4) is 0 Å². The van der Waals surface area contributed by atoms with E-state index in [1.54, 1.807) is 0 Å². The molecule has 0 atom stereocenters. The van der Waals surface area contributed by atoms with E-state index in [4.69, 9.17) is 15.3 Å². The van der Waals surface area contributed by atoms with E-state index in [2.05, 4.69) is 10.4 Å². The van der Waals surface area contributed by atoms with Gasteiger partial charge in [-0.1, -0.05) is 0 Å². The number of hydrogen-bond donors (Lipinski definition) is 6. The quantitative estimate of drug-likeness (QED) is 0.240. The van der Waals surface area contributed by atoms with E-state index in [1.807, 2.05) is 0 Å². The minimum atomic E-state index is -1.94. The zero-order valence-electron chi connectivity index (χ0n) is 8.03. The zero-order valence-corrected chi connectivity index (χ0v) is 10.6. The average molecular weight is 320 g/mol. The van der Waals surface area contributed by atoms with Gasteiger partial charge >= 0.3 is 86.2 Å². The van der Waals surface area contributed by atoms with Gasteiger partial charge in [0.25, 0.3) is 0 Å². The summed E-state index contributed by atoms with van der Waals surface area (Å²) in [5.74, 6) is 0. The van der Waals surface area contributed by atoms with Crippen LogP contribution in [0.5, 0.6) is 0 Å². The van der Waals surface area contributed by atoms with Gasteiger partial charge in [-0.3, -0.25) is 0 Å². The van der Waals surface area contributed by atoms with Crippen molar-refractivity contribution in [2.45, 2.75) is 0 Å². The molecule has 88 valence electrons. The number of hydrogen-bond acceptors (Lipinski definition) is 6. The van der Waals surface area contributed by atoms with Crippen LogP contribution in [0, 0.1) is 0 Å². The normalized spacial score (nSPS) is 10.3. The Morgan fingerprint density at radius 1 is 0.714 bits per heavy atom. The first-order valence-corrected chi connectivity index (χ1v) is 8.01. The summed E-state index contributed by atoms with van der Waals surface area (Å²) in [6.45, 7) is 1.92. The molecule has 0 radical (unpaired) electrons. The van der Waals surface area contributed by atoms with E-state index >= 15 is 0 Å². The van der Waals surface area contributed by atoms with Crippen LogP contribution in [-0.4, -0.2) is 81.3 Å². The van der Waals surface area contributed by atoms with Crippen LogP contribution in [-0.2, 0) is 0 Å². The summed E-state index contributed by atoms with van der Waals surface area (Å²) >= 11 is -1.94. The molecule has 0 spiro atoms. The minimum absolute atomic E-state index is 0. The SMILES string of the molecule is O.OCC[NH][Sb]([NH]CCO)[NH]CCO. The van der Waals surface area contributed by atoms with Crippen LogP contribution in [0.15, 0.2) is 0 Å². The van der Waals surface area contributed by atoms with Crippen molar-refractivity contribution in [3.05, 3.63) is 0 Å². The maximum absolute atomic E-state index is 8.58. The van der Waals surface area contributed by atoms with Crippen molar-refractivity contribution in [1.82, 2.24) is 10.4 Å². The van der Waals surface area contributed by atoms with Gasteiger partial charge < -0.3 is 5.48 Å². The monoisotopic (exact) mass is 319 g/mol. The molecule has 0 aromatic rings. The molecule has 0 aliphatic carbocycles. The summed E-state index contributed by atoms with van der Waals surface area (Å²) in [6, 6.07) is 0. The molecule has 8 heteroatoms. The molecule has 0 saturated carbocycles. The maximum atomic E-state index is 8.58. The summed E-state index contributed by atoms with van der Waals surface area (Å²) in [6.07, 6.45) is 0. The molecule has 0 aromatic heterocycles. The van der Waals surface area contributed by atoms with Gasteiger partial charge in [0.2, 0.25) is 0 Å². The molecule has 0 amide bonds. The fraction of sp³-hybridized carbons (Fsp3) is 1.00. The topological polar surface area (TPSA) is 128 Å². The first kappa shape index (κ1) is 16.9. The van der Waals surface area contributed by atoms with E-state index in [0.717, 1.165) is 0 Å². The van der Waals surface area contributed by atoms with Gasteiger partial charge in [-0.05, 0) is 0 Å². The van der Waals surface area contributed by atoms with Gasteiger partial charge in [-0.25, -0.2) is 0 Å². The van der Waals surface area contributed by atoms with Gasteiger partial charge in [0.05, 0.1) is 0 Å². The second kappa shape index (κ2) is 13.5. The summed E-state index contributed by atoms with van der Waals surface area (Å²) in [5, 5.41) is 25.7. The van der Waals surface area contributed by atoms with Crippen LogP contribution in [0.1, 0.15) is 0 Å². The zero-order chi connectivity index (χ0) is 9.94. The average Bonchev–Trinajstić information content (AvgIpc) is 2.17. The molecule has 7 nitrogen and oxygen atoms in total. The van der Waals surface area contributed by atoms with Crippen LogP contribution in [0.3, 0.4) is 0 Å². The van der Waals surface area contributed by atoms with E-state index in [1.165, 1.54) is 0 Å². The molecule has 0 heterocycles. The molecule has 0 aliphatic rings. The van der Waals surface area contributed by atoms with Gasteiger partial charge in [0, 0.05) is 0 Å². The van der Waals surface area contributed by atoms with Gasteiger partial charge in [-0.2, -0.15) is 0 Å². The van der Waals surface area contributed by atoms with Crippen LogP contribution in [0.4, 0.5) is 0 Å². The number of aliphatic hydroxyl groups is 3. The van der Waals surface area contributed by atoms with Crippen LogP contribution >= 0.6 is 0 Å². The fourth-order valence-corrected chi connectivity index (χ4v) is 4.38. The predicted molar refractivity (Wildman–Crippen MR) is 54.6 cm³/mol. The van der Waals surface area contributed by atoms with E-state index in [0.29, 0.717) is 19.6 Å². The summed E-state index contributed by atoms with van der Waals surface area (Å²) < 4.78 is 9.38. The Hall–Kier alpha value is 0.538. The van der Waals surface area contributed by atoms with Gasteiger partial charge in [0.1, 0.15) is 0 Å². The van der Waals surface area contributed by atoms with Crippen LogP contribution in [0.2, 0.25) is 0 Å². The first-order chi connectivity index (χ1) is 6.35. The number of rotatable bonds is 9. The van der Waals surface area contributed by atoms with Gasteiger partial charge in [-0.15, -0.1) is 0 Å². The predicted octanol–water partition coefficient (Wildman–Crippen LogP) is -4.11. The molecule has 0 aromatic carbocycles. The molecular formula is C6H20N3O4Sb. The molecule has 0 saturated heterocycles. The number of nitrogens with one attached hydrogen (secondary N) is 3. The Balaban J connectivity index is 0. The Kier molecular flexibility index (Phi) is 16.4. The van der Waals surface area contributed by atoms with Crippen molar-refractivity contribution in [2.75, 3.05) is 39.5 Å². The number of aliphatic hydroxyl groups excluding tert-OH is 3. The summed E-state index contributed by atoms with van der Waals surface area (Å²) in [4.78, 5) is 0. The summed E-state index contributed by atoms with van der Waals surface area (Å²) in [7, 11) is 0. The third kappa shape index (κ3) is 10.6. The van der Waals surface area contributed by atoms with E-state index < -0.39 is 21.0 Å². The van der Waals surface area contributed by atoms with Crippen LogP contribution in [0.25, 0.3) is 0 Å². The Morgan fingerprint density at radius 3 is 1.21 bits per heavy atom. The first-order valence-electron chi connectivity index (χ1n) is 4.18. The molecular weight excluding hydrogens is 300 g/mol. The molecule has 0 aliphatic heterocycles. The van der Waals surface area contributed by atoms with Crippen molar-refractivity contribution in [3.63, 3.8) is 0 Å². The molecule has 8 N–H and O–H groups in total. The van der Waals surface area contributed by atoms with Crippen molar-refractivity contribution in [1.29, 1.82) is 0 Å². The molecule has 0 unspecified atom stereocenters. The second-order valence-electron chi connectivity index (χ2n) is 2.23. The Bertz CT molecular complexity index is 92.1. The van der Waals surface area contributed by atoms with Crippen molar-refractivity contribution in [2.24, 2.45) is 0 Å². The van der Waals surface area contributed by atoms with Crippen LogP contribution < -0.4 is 10.4 Å². The standard InChI is InChI=1S/3C2H6NO.H2O.Sb/c3*3-1-2-4;;/h3*3-4H,1-2H2;1H2;/q3*-1;;+3. The van der Waals surface area contributed by atoms with Crippen molar-refractivity contribution < 1.29 is 20.8 Å². The Morgan fingerprint density at radius 2 is 1.00 bits per heavy atom. The fourth-order valence-electron chi connectivity index (χ4n) is 0.653. The second-order valence-corrected chi connectivity index (χ2v) is 6.85. The van der Waals surface area contributed by atoms with Gasteiger partial charge in [0.15, 0.2) is 0 Å². The third-order valence-electron chi connectivity index (χ3n) is 1.15. The third-order valence-corrected chi connectivity index (χ3v) is 5.77. The molecule has 0 fully saturated rings. The summed E-state index contributed by atoms with van der Waals surface area (Å²) in [5.41, 5.74) is 0. The molecule has 0 rings (SSSR count). The Labute approximate surface area is 91.9 Å². The molecule has 0 bridgehead atoms. The van der Waals surface area contributed by atoms with E-state index in [-0.39, 0.29) is 25.3 Å².